The molecule has 0 radical (unpaired) electrons. The van der Waals surface area contributed by atoms with E-state index in [-0.39, 0.29) is 5.91 Å². The lowest BCUT2D eigenvalue weighted by molar-refractivity contribution is 0.102. The minimum atomic E-state index is -0.189. The van der Waals surface area contributed by atoms with Gasteiger partial charge in [0, 0.05) is 23.8 Å². The molecule has 0 aliphatic heterocycles. The van der Waals surface area contributed by atoms with Crippen LogP contribution in [0.2, 0.25) is 0 Å². The summed E-state index contributed by atoms with van der Waals surface area (Å²) in [4.78, 5) is 12.0. The number of aromatic nitrogens is 2. The highest BCUT2D eigenvalue weighted by atomic mass is 79.9. The Bertz CT molecular complexity index is 558. The first-order chi connectivity index (χ1) is 8.60. The molecule has 0 atom stereocenters. The molecule has 1 aromatic carbocycles. The molecule has 0 aliphatic rings. The molecule has 1 aromatic heterocycles. The van der Waals surface area contributed by atoms with Crippen LogP contribution >= 0.6 is 15.9 Å². The molecule has 0 aliphatic carbocycles. The standard InChI is InChI=1S/C13H14BrN3O/c1-9-6-12(16-17(9)2)13(18)15-11-5-3-4-10(7-11)8-14/h3-7H,8H2,1-2H3,(H,15,18). The maximum atomic E-state index is 12.0. The van der Waals surface area contributed by atoms with Crippen molar-refractivity contribution in [2.24, 2.45) is 7.05 Å². The van der Waals surface area contributed by atoms with Crippen LogP contribution in [-0.2, 0) is 12.4 Å². The van der Waals surface area contributed by atoms with E-state index in [1.54, 1.807) is 10.7 Å². The first-order valence-electron chi connectivity index (χ1n) is 5.57. The molecule has 1 amide bonds. The van der Waals surface area contributed by atoms with Crippen molar-refractivity contribution in [2.75, 3.05) is 5.32 Å². The van der Waals surface area contributed by atoms with Gasteiger partial charge in [0.25, 0.3) is 5.91 Å². The van der Waals surface area contributed by atoms with Crippen molar-refractivity contribution in [3.05, 3.63) is 47.3 Å². The summed E-state index contributed by atoms with van der Waals surface area (Å²) in [7, 11) is 1.82. The number of benzene rings is 1. The fourth-order valence-electron chi connectivity index (χ4n) is 1.60. The summed E-state index contributed by atoms with van der Waals surface area (Å²) in [5.74, 6) is -0.189. The van der Waals surface area contributed by atoms with Crippen molar-refractivity contribution in [3.8, 4) is 0 Å². The lowest BCUT2D eigenvalue weighted by Crippen LogP contribution is -2.13. The van der Waals surface area contributed by atoms with Crippen molar-refractivity contribution >= 4 is 27.5 Å². The Hall–Kier alpha value is -1.62. The van der Waals surface area contributed by atoms with Crippen molar-refractivity contribution < 1.29 is 4.79 Å². The summed E-state index contributed by atoms with van der Waals surface area (Å²) >= 11 is 3.39. The third-order valence-electron chi connectivity index (χ3n) is 2.69. The highest BCUT2D eigenvalue weighted by molar-refractivity contribution is 9.08. The number of halogens is 1. The number of alkyl halides is 1. The maximum absolute atomic E-state index is 12.0. The lowest BCUT2D eigenvalue weighted by atomic mass is 10.2. The number of rotatable bonds is 3. The predicted octanol–water partition coefficient (Wildman–Crippen LogP) is 2.88. The third-order valence-corrected chi connectivity index (χ3v) is 3.33. The van der Waals surface area contributed by atoms with Gasteiger partial charge in [0.15, 0.2) is 5.69 Å². The van der Waals surface area contributed by atoms with E-state index in [2.05, 4.69) is 26.3 Å². The second-order valence-electron chi connectivity index (χ2n) is 4.08. The minimum Gasteiger partial charge on any atom is -0.321 e. The molecule has 0 saturated heterocycles. The predicted molar refractivity (Wildman–Crippen MR) is 75.0 cm³/mol. The van der Waals surface area contributed by atoms with Gasteiger partial charge in [0.2, 0.25) is 0 Å². The monoisotopic (exact) mass is 307 g/mol. The number of nitrogens with one attached hydrogen (secondary N) is 1. The van der Waals surface area contributed by atoms with Gasteiger partial charge in [-0.3, -0.25) is 9.48 Å². The molecule has 0 fully saturated rings. The summed E-state index contributed by atoms with van der Waals surface area (Å²) in [6.07, 6.45) is 0. The van der Waals surface area contributed by atoms with Gasteiger partial charge in [-0.15, -0.1) is 0 Å². The fourth-order valence-corrected chi connectivity index (χ4v) is 1.95. The number of nitrogens with zero attached hydrogens (tertiary/aromatic N) is 2. The molecule has 0 bridgehead atoms. The first kappa shape index (κ1) is 12.8. The average Bonchev–Trinajstić information content (AvgIpc) is 2.70. The van der Waals surface area contributed by atoms with Gasteiger partial charge in [-0.2, -0.15) is 5.10 Å². The zero-order valence-electron chi connectivity index (χ0n) is 10.3. The zero-order valence-corrected chi connectivity index (χ0v) is 11.9. The van der Waals surface area contributed by atoms with Gasteiger partial charge in [0.1, 0.15) is 0 Å². The van der Waals surface area contributed by atoms with Crippen LogP contribution in [0, 0.1) is 6.92 Å². The van der Waals surface area contributed by atoms with Crippen LogP contribution in [0.3, 0.4) is 0 Å². The summed E-state index contributed by atoms with van der Waals surface area (Å²) in [5, 5.41) is 7.75. The number of aryl methyl sites for hydroxylation is 2. The molecular weight excluding hydrogens is 294 g/mol. The largest absolute Gasteiger partial charge is 0.321 e. The molecular formula is C13H14BrN3O. The molecule has 4 nitrogen and oxygen atoms in total. The van der Waals surface area contributed by atoms with E-state index in [4.69, 9.17) is 0 Å². The Morgan fingerprint density at radius 3 is 2.83 bits per heavy atom. The maximum Gasteiger partial charge on any atom is 0.276 e. The number of amides is 1. The second kappa shape index (κ2) is 5.35. The molecule has 1 N–H and O–H groups in total. The van der Waals surface area contributed by atoms with Crippen LogP contribution in [-0.4, -0.2) is 15.7 Å². The third kappa shape index (κ3) is 2.79. The van der Waals surface area contributed by atoms with Gasteiger partial charge in [-0.25, -0.2) is 0 Å². The van der Waals surface area contributed by atoms with Crippen LogP contribution in [0.25, 0.3) is 0 Å². The van der Waals surface area contributed by atoms with Crippen LogP contribution in [0.5, 0.6) is 0 Å². The van der Waals surface area contributed by atoms with E-state index < -0.39 is 0 Å². The molecule has 0 spiro atoms. The first-order valence-corrected chi connectivity index (χ1v) is 6.69. The van der Waals surface area contributed by atoms with E-state index >= 15 is 0 Å². The number of carbonyl (C=O) groups is 1. The summed E-state index contributed by atoms with van der Waals surface area (Å²) in [6, 6.07) is 9.47. The summed E-state index contributed by atoms with van der Waals surface area (Å²) < 4.78 is 1.68. The number of hydrogen-bond acceptors (Lipinski definition) is 2. The van der Waals surface area contributed by atoms with Crippen molar-refractivity contribution in [3.63, 3.8) is 0 Å². The van der Waals surface area contributed by atoms with Crippen LogP contribution in [0.1, 0.15) is 21.7 Å². The minimum absolute atomic E-state index is 0.189. The SMILES string of the molecule is Cc1cc(C(=O)Nc2cccc(CBr)c2)nn1C. The fraction of sp³-hybridized carbons (Fsp3) is 0.231. The van der Waals surface area contributed by atoms with Crippen molar-refractivity contribution in [1.29, 1.82) is 0 Å². The molecule has 18 heavy (non-hydrogen) atoms. The molecule has 0 unspecified atom stereocenters. The topological polar surface area (TPSA) is 46.9 Å². The van der Waals surface area contributed by atoms with Crippen LogP contribution < -0.4 is 5.32 Å². The molecule has 2 aromatic rings. The number of hydrogen-bond donors (Lipinski definition) is 1. The van der Waals surface area contributed by atoms with Gasteiger partial charge in [0.05, 0.1) is 0 Å². The Morgan fingerprint density at radius 1 is 1.44 bits per heavy atom. The van der Waals surface area contributed by atoms with E-state index in [1.165, 1.54) is 0 Å². The quantitative estimate of drug-likeness (QED) is 0.886. The Labute approximate surface area is 114 Å². The summed E-state index contributed by atoms with van der Waals surface area (Å²) in [5.41, 5.74) is 3.28. The Morgan fingerprint density at radius 2 is 2.22 bits per heavy atom. The van der Waals surface area contributed by atoms with E-state index in [1.807, 2.05) is 38.2 Å². The highest BCUT2D eigenvalue weighted by Gasteiger charge is 2.11. The van der Waals surface area contributed by atoms with Gasteiger partial charge in [-0.1, -0.05) is 28.1 Å². The molecule has 5 heteroatoms. The zero-order chi connectivity index (χ0) is 13.1. The van der Waals surface area contributed by atoms with Gasteiger partial charge < -0.3 is 5.32 Å². The lowest BCUT2D eigenvalue weighted by Gasteiger charge is -2.04. The Kier molecular flexibility index (Phi) is 3.81. The normalized spacial score (nSPS) is 10.4. The number of anilines is 1. The van der Waals surface area contributed by atoms with Crippen molar-refractivity contribution in [2.45, 2.75) is 12.3 Å². The van der Waals surface area contributed by atoms with Gasteiger partial charge in [-0.05, 0) is 30.7 Å². The van der Waals surface area contributed by atoms with Crippen LogP contribution in [0.15, 0.2) is 30.3 Å². The van der Waals surface area contributed by atoms with E-state index in [0.29, 0.717) is 5.69 Å². The second-order valence-corrected chi connectivity index (χ2v) is 4.64. The smallest absolute Gasteiger partial charge is 0.276 e. The van der Waals surface area contributed by atoms with E-state index in [9.17, 15) is 4.79 Å². The van der Waals surface area contributed by atoms with Crippen molar-refractivity contribution in [1.82, 2.24) is 9.78 Å². The van der Waals surface area contributed by atoms with E-state index in [0.717, 1.165) is 22.3 Å². The molecule has 1 heterocycles. The highest BCUT2D eigenvalue weighted by Crippen LogP contribution is 2.14. The Balaban J connectivity index is 2.15. The molecule has 94 valence electrons. The van der Waals surface area contributed by atoms with Gasteiger partial charge >= 0.3 is 0 Å². The van der Waals surface area contributed by atoms with Crippen LogP contribution in [0.4, 0.5) is 5.69 Å². The number of carbonyl (C=O) groups excluding carboxylic acids is 1. The average molecular weight is 308 g/mol. The molecule has 2 rings (SSSR count). The molecule has 0 saturated carbocycles. The summed E-state index contributed by atoms with van der Waals surface area (Å²) in [6.45, 7) is 1.91.